The molecule has 0 aliphatic carbocycles. The molecule has 1 heterocycles. The molecule has 1 aromatic carbocycles. The van der Waals surface area contributed by atoms with E-state index in [-0.39, 0.29) is 11.8 Å². The van der Waals surface area contributed by atoms with Gasteiger partial charge in [0.1, 0.15) is 5.69 Å². The SMILES string of the molecule is CN1CCOC(CNc2cc(Cl)ccc2[N+](=O)[O-])C1. The molecule has 0 radical (unpaired) electrons. The van der Waals surface area contributed by atoms with Crippen LogP contribution in [0.15, 0.2) is 18.2 Å². The molecule has 1 aliphatic rings. The zero-order valence-electron chi connectivity index (χ0n) is 10.6. The predicted octanol–water partition coefficient (Wildman–Crippen LogP) is 1.99. The molecule has 6 nitrogen and oxygen atoms in total. The number of anilines is 1. The first kappa shape index (κ1) is 14.0. The number of likely N-dealkylation sites (N-methyl/N-ethyl adjacent to an activating group) is 1. The molecule has 1 aromatic rings. The molecule has 1 aliphatic heterocycles. The molecule has 2 rings (SSSR count). The Morgan fingerprint density at radius 3 is 3.11 bits per heavy atom. The van der Waals surface area contributed by atoms with Gasteiger partial charge in [-0.15, -0.1) is 0 Å². The average molecular weight is 286 g/mol. The highest BCUT2D eigenvalue weighted by atomic mass is 35.5. The maximum atomic E-state index is 10.9. The average Bonchev–Trinajstić information content (AvgIpc) is 2.36. The minimum atomic E-state index is -0.424. The number of morpholine rings is 1. The number of nitro groups is 1. The lowest BCUT2D eigenvalue weighted by Gasteiger charge is -2.30. The third-order valence-corrected chi connectivity index (χ3v) is 3.25. The molecule has 1 N–H and O–H groups in total. The zero-order chi connectivity index (χ0) is 13.8. The van der Waals surface area contributed by atoms with Crippen LogP contribution < -0.4 is 5.32 Å². The van der Waals surface area contributed by atoms with E-state index in [9.17, 15) is 10.1 Å². The first-order chi connectivity index (χ1) is 9.06. The van der Waals surface area contributed by atoms with Crippen LogP contribution in [0, 0.1) is 10.1 Å². The van der Waals surface area contributed by atoms with Crippen LogP contribution in [0.5, 0.6) is 0 Å². The molecule has 104 valence electrons. The summed E-state index contributed by atoms with van der Waals surface area (Å²) in [6, 6.07) is 4.47. The van der Waals surface area contributed by atoms with E-state index in [1.807, 2.05) is 7.05 Å². The molecule has 0 bridgehead atoms. The first-order valence-electron chi connectivity index (χ1n) is 6.04. The normalized spacial score (nSPS) is 20.2. The van der Waals surface area contributed by atoms with Crippen molar-refractivity contribution in [1.29, 1.82) is 0 Å². The maximum Gasteiger partial charge on any atom is 0.292 e. The van der Waals surface area contributed by atoms with Crippen molar-refractivity contribution in [3.05, 3.63) is 33.3 Å². The van der Waals surface area contributed by atoms with Gasteiger partial charge in [-0.3, -0.25) is 10.1 Å². The van der Waals surface area contributed by atoms with Crippen molar-refractivity contribution >= 4 is 23.0 Å². The fourth-order valence-electron chi connectivity index (χ4n) is 2.02. The van der Waals surface area contributed by atoms with Gasteiger partial charge in [0.05, 0.1) is 17.6 Å². The summed E-state index contributed by atoms with van der Waals surface area (Å²) < 4.78 is 5.59. The van der Waals surface area contributed by atoms with E-state index in [0.29, 0.717) is 23.9 Å². The van der Waals surface area contributed by atoms with Gasteiger partial charge in [0.2, 0.25) is 0 Å². The molecule has 1 atom stereocenters. The van der Waals surface area contributed by atoms with E-state index < -0.39 is 4.92 Å². The molecule has 7 heteroatoms. The highest BCUT2D eigenvalue weighted by Gasteiger charge is 2.19. The van der Waals surface area contributed by atoms with Gasteiger partial charge in [-0.05, 0) is 19.2 Å². The number of nitrogens with one attached hydrogen (secondary N) is 1. The van der Waals surface area contributed by atoms with Gasteiger partial charge >= 0.3 is 0 Å². The largest absolute Gasteiger partial charge is 0.377 e. The minimum Gasteiger partial charge on any atom is -0.377 e. The molecule has 1 saturated heterocycles. The molecule has 0 amide bonds. The third-order valence-electron chi connectivity index (χ3n) is 3.02. The fourth-order valence-corrected chi connectivity index (χ4v) is 2.20. The fraction of sp³-hybridized carbons (Fsp3) is 0.500. The number of nitrogens with zero attached hydrogens (tertiary/aromatic N) is 2. The van der Waals surface area contributed by atoms with E-state index >= 15 is 0 Å². The van der Waals surface area contributed by atoms with Crippen LogP contribution in [0.1, 0.15) is 0 Å². The minimum absolute atomic E-state index is 0.0218. The zero-order valence-corrected chi connectivity index (χ0v) is 11.4. The number of nitro benzene ring substituents is 1. The molecule has 19 heavy (non-hydrogen) atoms. The van der Waals surface area contributed by atoms with Crippen molar-refractivity contribution in [1.82, 2.24) is 4.90 Å². The summed E-state index contributed by atoms with van der Waals surface area (Å²) in [5.74, 6) is 0. The topological polar surface area (TPSA) is 67.6 Å². The quantitative estimate of drug-likeness (QED) is 0.677. The summed E-state index contributed by atoms with van der Waals surface area (Å²) in [5, 5.41) is 14.4. The summed E-state index contributed by atoms with van der Waals surface area (Å²) in [6.07, 6.45) is 0.0253. The molecule has 0 aromatic heterocycles. The highest BCUT2D eigenvalue weighted by Crippen LogP contribution is 2.27. The third kappa shape index (κ3) is 3.79. The summed E-state index contributed by atoms with van der Waals surface area (Å²) >= 11 is 5.86. The van der Waals surface area contributed by atoms with Crippen molar-refractivity contribution in [2.45, 2.75) is 6.10 Å². The van der Waals surface area contributed by atoms with Crippen molar-refractivity contribution in [3.63, 3.8) is 0 Å². The molecular formula is C12H16ClN3O3. The Balaban J connectivity index is 2.02. The summed E-state index contributed by atoms with van der Waals surface area (Å²) in [7, 11) is 2.03. The van der Waals surface area contributed by atoms with Gasteiger partial charge in [0.25, 0.3) is 5.69 Å². The van der Waals surface area contributed by atoms with Crippen molar-refractivity contribution in [2.24, 2.45) is 0 Å². The molecule has 1 unspecified atom stereocenters. The summed E-state index contributed by atoms with van der Waals surface area (Å²) in [6.45, 7) is 2.92. The second-order valence-electron chi connectivity index (χ2n) is 4.55. The number of ether oxygens (including phenoxy) is 1. The highest BCUT2D eigenvalue weighted by molar-refractivity contribution is 6.31. The number of hydrogen-bond acceptors (Lipinski definition) is 5. The number of benzene rings is 1. The maximum absolute atomic E-state index is 10.9. The van der Waals surface area contributed by atoms with Gasteiger partial charge < -0.3 is 15.0 Å². The van der Waals surface area contributed by atoms with Gasteiger partial charge in [-0.2, -0.15) is 0 Å². The standard InChI is InChI=1S/C12H16ClN3O3/c1-15-4-5-19-10(8-15)7-14-11-6-9(13)2-3-12(11)16(17)18/h2-3,6,10,14H,4-5,7-8H2,1H3. The number of rotatable bonds is 4. The molecule has 1 fully saturated rings. The lowest BCUT2D eigenvalue weighted by Crippen LogP contribution is -2.43. The lowest BCUT2D eigenvalue weighted by atomic mass is 10.2. The van der Waals surface area contributed by atoms with Crippen molar-refractivity contribution in [2.75, 3.05) is 38.6 Å². The van der Waals surface area contributed by atoms with E-state index in [4.69, 9.17) is 16.3 Å². The van der Waals surface area contributed by atoms with Crippen LogP contribution in [-0.4, -0.2) is 49.2 Å². The first-order valence-corrected chi connectivity index (χ1v) is 6.42. The van der Waals surface area contributed by atoms with Gasteiger partial charge in [-0.1, -0.05) is 11.6 Å². The second kappa shape index (κ2) is 6.18. The number of halogens is 1. The van der Waals surface area contributed by atoms with Crippen LogP contribution in [0.4, 0.5) is 11.4 Å². The second-order valence-corrected chi connectivity index (χ2v) is 4.99. The smallest absolute Gasteiger partial charge is 0.292 e. The Morgan fingerprint density at radius 2 is 2.42 bits per heavy atom. The van der Waals surface area contributed by atoms with E-state index in [1.54, 1.807) is 6.07 Å². The van der Waals surface area contributed by atoms with Gasteiger partial charge in [-0.25, -0.2) is 0 Å². The van der Waals surface area contributed by atoms with E-state index in [1.165, 1.54) is 12.1 Å². The number of hydrogen-bond donors (Lipinski definition) is 1. The van der Waals surface area contributed by atoms with Crippen molar-refractivity contribution in [3.8, 4) is 0 Å². The Hall–Kier alpha value is -1.37. The van der Waals surface area contributed by atoms with Crippen LogP contribution in [-0.2, 0) is 4.74 Å². The molecule has 0 saturated carbocycles. The van der Waals surface area contributed by atoms with E-state index in [0.717, 1.165) is 13.1 Å². The van der Waals surface area contributed by atoms with Crippen LogP contribution in [0.3, 0.4) is 0 Å². The molecule has 0 spiro atoms. The Labute approximate surface area is 116 Å². The Bertz CT molecular complexity index is 470. The predicted molar refractivity (Wildman–Crippen MR) is 73.8 cm³/mol. The van der Waals surface area contributed by atoms with Crippen LogP contribution >= 0.6 is 11.6 Å². The van der Waals surface area contributed by atoms with Gasteiger partial charge in [0, 0.05) is 30.7 Å². The Kier molecular flexibility index (Phi) is 4.57. The van der Waals surface area contributed by atoms with Crippen LogP contribution in [0.2, 0.25) is 5.02 Å². The van der Waals surface area contributed by atoms with E-state index in [2.05, 4.69) is 10.2 Å². The van der Waals surface area contributed by atoms with Crippen molar-refractivity contribution < 1.29 is 9.66 Å². The summed E-state index contributed by atoms with van der Waals surface area (Å²) in [4.78, 5) is 12.7. The Morgan fingerprint density at radius 1 is 1.63 bits per heavy atom. The lowest BCUT2D eigenvalue weighted by molar-refractivity contribution is -0.384. The summed E-state index contributed by atoms with van der Waals surface area (Å²) in [5.41, 5.74) is 0.447. The van der Waals surface area contributed by atoms with Gasteiger partial charge in [0.15, 0.2) is 0 Å². The van der Waals surface area contributed by atoms with Crippen LogP contribution in [0.25, 0.3) is 0 Å². The molecular weight excluding hydrogens is 270 g/mol. The monoisotopic (exact) mass is 285 g/mol.